The molecule has 2 rings (SSSR count). The minimum Gasteiger partial charge on any atom is -0.481 e. The minimum absolute atomic E-state index is 0.121. The predicted molar refractivity (Wildman–Crippen MR) is 68.9 cm³/mol. The first-order chi connectivity index (χ1) is 7.93. The summed E-state index contributed by atoms with van der Waals surface area (Å²) in [5, 5.41) is 9.75. The summed E-state index contributed by atoms with van der Waals surface area (Å²) in [4.78, 5) is 11.0. The molecule has 0 aromatic heterocycles. The Hall–Kier alpha value is -1.28. The zero-order chi connectivity index (χ0) is 12.6. The third kappa shape index (κ3) is 2.37. The molecule has 2 nitrogen and oxygen atoms in total. The molecule has 0 spiro atoms. The second-order valence-corrected chi connectivity index (χ2v) is 5.51. The molecule has 1 aromatic carbocycles. The second kappa shape index (κ2) is 4.19. The highest BCUT2D eigenvalue weighted by Gasteiger charge is 2.60. The van der Waals surface area contributed by atoms with E-state index in [0.29, 0.717) is 5.02 Å². The predicted octanol–water partition coefficient (Wildman–Crippen LogP) is 3.71. The van der Waals surface area contributed by atoms with Gasteiger partial charge in [0.15, 0.2) is 0 Å². The molecule has 1 aliphatic carbocycles. The van der Waals surface area contributed by atoms with Crippen LogP contribution in [0.3, 0.4) is 0 Å². The molecule has 1 fully saturated rings. The molecule has 3 heteroatoms. The first-order valence-corrected chi connectivity index (χ1v) is 5.97. The summed E-state index contributed by atoms with van der Waals surface area (Å²) in [7, 11) is 0. The van der Waals surface area contributed by atoms with Crippen molar-refractivity contribution >= 4 is 23.6 Å². The third-order valence-electron chi connectivity index (χ3n) is 3.54. The van der Waals surface area contributed by atoms with Gasteiger partial charge in [0.05, 0.1) is 5.92 Å². The SMILES string of the molecule is CC1(C)C(C=Cc2ccc(Cl)cc2)C1C(=O)O. The maximum absolute atomic E-state index is 11.0. The van der Waals surface area contributed by atoms with Gasteiger partial charge >= 0.3 is 5.97 Å². The van der Waals surface area contributed by atoms with E-state index in [0.717, 1.165) is 5.56 Å². The number of rotatable bonds is 3. The quantitative estimate of drug-likeness (QED) is 0.888. The Morgan fingerprint density at radius 3 is 2.41 bits per heavy atom. The topological polar surface area (TPSA) is 37.3 Å². The van der Waals surface area contributed by atoms with Crippen LogP contribution in [0.15, 0.2) is 30.3 Å². The summed E-state index contributed by atoms with van der Waals surface area (Å²) in [5.74, 6) is -0.845. The number of benzene rings is 1. The molecule has 2 unspecified atom stereocenters. The minimum atomic E-state index is -0.708. The van der Waals surface area contributed by atoms with E-state index in [9.17, 15) is 4.79 Å². The molecular weight excluding hydrogens is 236 g/mol. The van der Waals surface area contributed by atoms with Crippen LogP contribution in [0.5, 0.6) is 0 Å². The third-order valence-corrected chi connectivity index (χ3v) is 3.79. The lowest BCUT2D eigenvalue weighted by molar-refractivity contribution is -0.139. The Morgan fingerprint density at radius 2 is 1.94 bits per heavy atom. The standard InChI is InChI=1S/C14H15ClO2/c1-14(2)11(12(14)13(16)17)8-5-9-3-6-10(15)7-4-9/h3-8,11-12H,1-2H3,(H,16,17). The van der Waals surface area contributed by atoms with Crippen LogP contribution in [0.25, 0.3) is 6.08 Å². The van der Waals surface area contributed by atoms with Gasteiger partial charge in [0, 0.05) is 5.02 Å². The summed E-state index contributed by atoms with van der Waals surface area (Å²) in [6.45, 7) is 3.98. The van der Waals surface area contributed by atoms with Crippen molar-refractivity contribution in [2.45, 2.75) is 13.8 Å². The molecule has 0 saturated heterocycles. The number of hydrogen-bond donors (Lipinski definition) is 1. The van der Waals surface area contributed by atoms with E-state index in [1.165, 1.54) is 0 Å². The van der Waals surface area contributed by atoms with Crippen LogP contribution in [-0.2, 0) is 4.79 Å². The summed E-state index contributed by atoms with van der Waals surface area (Å²) >= 11 is 5.79. The van der Waals surface area contributed by atoms with Gasteiger partial charge in [0.2, 0.25) is 0 Å². The van der Waals surface area contributed by atoms with E-state index in [4.69, 9.17) is 16.7 Å². The normalized spacial score (nSPS) is 26.1. The Balaban J connectivity index is 2.08. The van der Waals surface area contributed by atoms with E-state index >= 15 is 0 Å². The lowest BCUT2D eigenvalue weighted by Gasteiger charge is -1.97. The molecule has 90 valence electrons. The van der Waals surface area contributed by atoms with Crippen molar-refractivity contribution in [3.63, 3.8) is 0 Å². The smallest absolute Gasteiger partial charge is 0.307 e. The van der Waals surface area contributed by atoms with Gasteiger partial charge in [-0.2, -0.15) is 0 Å². The average Bonchev–Trinajstić information content (AvgIpc) is 2.80. The van der Waals surface area contributed by atoms with Gasteiger partial charge in [0.25, 0.3) is 0 Å². The Labute approximate surface area is 106 Å². The highest BCUT2D eigenvalue weighted by Crippen LogP contribution is 2.59. The Kier molecular flexibility index (Phi) is 3.00. The van der Waals surface area contributed by atoms with Crippen molar-refractivity contribution in [3.05, 3.63) is 40.9 Å². The lowest BCUT2D eigenvalue weighted by Crippen LogP contribution is -2.02. The molecule has 17 heavy (non-hydrogen) atoms. The van der Waals surface area contributed by atoms with Gasteiger partial charge in [-0.3, -0.25) is 4.79 Å². The second-order valence-electron chi connectivity index (χ2n) is 5.07. The van der Waals surface area contributed by atoms with Gasteiger partial charge in [-0.1, -0.05) is 49.7 Å². The van der Waals surface area contributed by atoms with Gasteiger partial charge in [-0.25, -0.2) is 0 Å². The molecule has 0 aliphatic heterocycles. The zero-order valence-electron chi connectivity index (χ0n) is 9.85. The van der Waals surface area contributed by atoms with Crippen LogP contribution in [-0.4, -0.2) is 11.1 Å². The van der Waals surface area contributed by atoms with E-state index in [1.54, 1.807) is 0 Å². The van der Waals surface area contributed by atoms with Crippen molar-refractivity contribution in [1.29, 1.82) is 0 Å². The van der Waals surface area contributed by atoms with Gasteiger partial charge < -0.3 is 5.11 Å². The van der Waals surface area contributed by atoms with Crippen molar-refractivity contribution in [3.8, 4) is 0 Å². The summed E-state index contributed by atoms with van der Waals surface area (Å²) in [5.41, 5.74) is 0.913. The Bertz CT molecular complexity index is 460. The number of aliphatic carboxylic acids is 1. The van der Waals surface area contributed by atoms with E-state index in [2.05, 4.69) is 0 Å². The molecular formula is C14H15ClO2. The van der Waals surface area contributed by atoms with Gasteiger partial charge in [-0.05, 0) is 29.0 Å². The fraction of sp³-hybridized carbons (Fsp3) is 0.357. The van der Waals surface area contributed by atoms with Gasteiger partial charge in [0.1, 0.15) is 0 Å². The molecule has 2 atom stereocenters. The highest BCUT2D eigenvalue weighted by atomic mass is 35.5. The van der Waals surface area contributed by atoms with Gasteiger partial charge in [-0.15, -0.1) is 0 Å². The maximum Gasteiger partial charge on any atom is 0.307 e. The van der Waals surface area contributed by atoms with Crippen LogP contribution in [0, 0.1) is 17.3 Å². The largest absolute Gasteiger partial charge is 0.481 e. The molecule has 1 saturated carbocycles. The van der Waals surface area contributed by atoms with Crippen LogP contribution in [0.1, 0.15) is 19.4 Å². The summed E-state index contributed by atoms with van der Waals surface area (Å²) in [6.07, 6.45) is 3.95. The van der Waals surface area contributed by atoms with Crippen molar-refractivity contribution in [1.82, 2.24) is 0 Å². The monoisotopic (exact) mass is 250 g/mol. The first kappa shape index (κ1) is 12.2. The molecule has 1 aliphatic rings. The lowest BCUT2D eigenvalue weighted by atomic mass is 10.1. The number of carboxylic acids is 1. The van der Waals surface area contributed by atoms with E-state index in [-0.39, 0.29) is 17.3 Å². The summed E-state index contributed by atoms with van der Waals surface area (Å²) < 4.78 is 0. The van der Waals surface area contributed by atoms with Crippen LogP contribution >= 0.6 is 11.6 Å². The first-order valence-electron chi connectivity index (χ1n) is 5.59. The molecule has 0 heterocycles. The van der Waals surface area contributed by atoms with Crippen LogP contribution in [0.4, 0.5) is 0 Å². The average molecular weight is 251 g/mol. The number of carboxylic acid groups (broad SMARTS) is 1. The van der Waals surface area contributed by atoms with Crippen molar-refractivity contribution in [2.75, 3.05) is 0 Å². The van der Waals surface area contributed by atoms with E-state index in [1.807, 2.05) is 50.3 Å². The van der Waals surface area contributed by atoms with Crippen molar-refractivity contribution < 1.29 is 9.90 Å². The fourth-order valence-electron chi connectivity index (χ4n) is 2.30. The molecule has 0 amide bonds. The maximum atomic E-state index is 11.0. The molecule has 0 radical (unpaired) electrons. The number of allylic oxidation sites excluding steroid dienone is 1. The molecule has 1 N–H and O–H groups in total. The van der Waals surface area contributed by atoms with Crippen molar-refractivity contribution in [2.24, 2.45) is 17.3 Å². The molecule has 1 aromatic rings. The molecule has 0 bridgehead atoms. The number of carbonyl (C=O) groups is 1. The van der Waals surface area contributed by atoms with Crippen LogP contribution < -0.4 is 0 Å². The van der Waals surface area contributed by atoms with E-state index < -0.39 is 5.97 Å². The summed E-state index contributed by atoms with van der Waals surface area (Å²) in [6, 6.07) is 7.50. The highest BCUT2D eigenvalue weighted by molar-refractivity contribution is 6.30. The number of halogens is 1. The van der Waals surface area contributed by atoms with Crippen LogP contribution in [0.2, 0.25) is 5.02 Å². The zero-order valence-corrected chi connectivity index (χ0v) is 10.6. The Morgan fingerprint density at radius 1 is 1.35 bits per heavy atom. The number of hydrogen-bond acceptors (Lipinski definition) is 1. The fourth-order valence-corrected chi connectivity index (χ4v) is 2.42.